The van der Waals surface area contributed by atoms with Crippen LogP contribution in [0.1, 0.15) is 31.4 Å². The second-order valence-corrected chi connectivity index (χ2v) is 3.84. The first-order valence-corrected chi connectivity index (χ1v) is 5.05. The highest BCUT2D eigenvalue weighted by molar-refractivity contribution is 4.99. The van der Waals surface area contributed by atoms with E-state index in [0.29, 0.717) is 12.6 Å². The van der Waals surface area contributed by atoms with Crippen molar-refractivity contribution in [2.24, 2.45) is 0 Å². The number of rotatable bonds is 3. The zero-order valence-corrected chi connectivity index (χ0v) is 9.25. The summed E-state index contributed by atoms with van der Waals surface area (Å²) in [5.41, 5.74) is 1.13. The van der Waals surface area contributed by atoms with Crippen molar-refractivity contribution in [1.82, 2.24) is 24.5 Å². The summed E-state index contributed by atoms with van der Waals surface area (Å²) >= 11 is 0. The first-order valence-electron chi connectivity index (χ1n) is 5.05. The van der Waals surface area contributed by atoms with Gasteiger partial charge in [-0.2, -0.15) is 10.2 Å². The van der Waals surface area contributed by atoms with E-state index in [4.69, 9.17) is 0 Å². The van der Waals surface area contributed by atoms with E-state index in [1.165, 1.54) is 0 Å². The number of hydrogen-bond acceptors (Lipinski definition) is 3. The van der Waals surface area contributed by atoms with Gasteiger partial charge in [-0.1, -0.05) is 0 Å². The molecule has 15 heavy (non-hydrogen) atoms. The van der Waals surface area contributed by atoms with E-state index in [1.54, 1.807) is 12.5 Å². The zero-order chi connectivity index (χ0) is 10.8. The zero-order valence-electron chi connectivity index (χ0n) is 9.25. The largest absolute Gasteiger partial charge is 0.262 e. The summed E-state index contributed by atoms with van der Waals surface area (Å²) in [4.78, 5) is 4.24. The maximum atomic E-state index is 4.24. The minimum atomic E-state index is 0.332. The number of aromatic nitrogens is 5. The second-order valence-electron chi connectivity index (χ2n) is 3.84. The summed E-state index contributed by atoms with van der Waals surface area (Å²) in [6.07, 6.45) is 3.39. The van der Waals surface area contributed by atoms with Crippen molar-refractivity contribution in [2.75, 3.05) is 0 Å². The average Bonchev–Trinajstić information content (AvgIpc) is 2.77. The molecule has 0 spiro atoms. The van der Waals surface area contributed by atoms with Gasteiger partial charge in [0.1, 0.15) is 18.7 Å². The Hall–Kier alpha value is -1.65. The summed E-state index contributed by atoms with van der Waals surface area (Å²) in [6, 6.07) is 2.31. The van der Waals surface area contributed by atoms with Gasteiger partial charge in [0.15, 0.2) is 0 Å². The van der Waals surface area contributed by atoms with Gasteiger partial charge in [0, 0.05) is 17.9 Å². The van der Waals surface area contributed by atoms with Crippen LogP contribution in [0.5, 0.6) is 0 Å². The Balaban J connectivity index is 2.25. The topological polar surface area (TPSA) is 48.5 Å². The molecule has 2 rings (SSSR count). The molecule has 0 amide bonds. The highest BCUT2D eigenvalue weighted by Crippen LogP contribution is 2.07. The molecule has 0 aliphatic rings. The van der Waals surface area contributed by atoms with Gasteiger partial charge in [0.25, 0.3) is 0 Å². The van der Waals surface area contributed by atoms with Gasteiger partial charge in [-0.3, -0.25) is 4.68 Å². The molecule has 0 radical (unpaired) electrons. The fraction of sp³-hybridized carbons (Fsp3) is 0.500. The lowest BCUT2D eigenvalue weighted by Crippen LogP contribution is -2.13. The van der Waals surface area contributed by atoms with Gasteiger partial charge >= 0.3 is 0 Å². The third-order valence-corrected chi connectivity index (χ3v) is 2.36. The van der Waals surface area contributed by atoms with Crippen molar-refractivity contribution in [3.63, 3.8) is 0 Å². The van der Waals surface area contributed by atoms with Crippen LogP contribution >= 0.6 is 0 Å². The van der Waals surface area contributed by atoms with Crippen LogP contribution in [-0.2, 0) is 6.54 Å². The van der Waals surface area contributed by atoms with Gasteiger partial charge in [0.2, 0.25) is 0 Å². The molecule has 0 atom stereocenters. The van der Waals surface area contributed by atoms with Crippen LogP contribution in [-0.4, -0.2) is 24.5 Å². The maximum Gasteiger partial charge on any atom is 0.148 e. The van der Waals surface area contributed by atoms with Gasteiger partial charge in [0.05, 0.1) is 0 Å². The van der Waals surface area contributed by atoms with Crippen LogP contribution in [0.25, 0.3) is 0 Å². The summed E-state index contributed by atoms with van der Waals surface area (Å²) in [5, 5.41) is 8.42. The highest BCUT2D eigenvalue weighted by Gasteiger charge is 2.08. The molecule has 0 saturated carbocycles. The number of aryl methyl sites for hydroxylation is 1. The minimum Gasteiger partial charge on any atom is -0.262 e. The molecular formula is C10H15N5. The van der Waals surface area contributed by atoms with E-state index in [0.717, 1.165) is 11.5 Å². The molecule has 0 unspecified atom stereocenters. The van der Waals surface area contributed by atoms with E-state index >= 15 is 0 Å². The Kier molecular flexibility index (Phi) is 2.53. The lowest BCUT2D eigenvalue weighted by atomic mass is 10.4. The molecule has 0 saturated heterocycles. The Labute approximate surface area is 88.7 Å². The van der Waals surface area contributed by atoms with Crippen molar-refractivity contribution < 1.29 is 0 Å². The second kappa shape index (κ2) is 3.84. The molecule has 0 aliphatic carbocycles. The third kappa shape index (κ3) is 1.91. The fourth-order valence-electron chi connectivity index (χ4n) is 1.52. The third-order valence-electron chi connectivity index (χ3n) is 2.36. The lowest BCUT2D eigenvalue weighted by molar-refractivity contribution is 0.485. The van der Waals surface area contributed by atoms with Crippen LogP contribution in [0.2, 0.25) is 0 Å². The number of nitrogens with zero attached hydrogens (tertiary/aromatic N) is 5. The van der Waals surface area contributed by atoms with Crippen LogP contribution in [0, 0.1) is 6.92 Å². The van der Waals surface area contributed by atoms with Gasteiger partial charge in [-0.15, -0.1) is 0 Å². The Morgan fingerprint density at radius 2 is 2.13 bits per heavy atom. The van der Waals surface area contributed by atoms with E-state index in [9.17, 15) is 0 Å². The molecule has 0 aromatic carbocycles. The summed E-state index contributed by atoms with van der Waals surface area (Å²) in [7, 11) is 0. The first-order chi connectivity index (χ1) is 7.18. The minimum absolute atomic E-state index is 0.332. The van der Waals surface area contributed by atoms with Crippen molar-refractivity contribution in [3.8, 4) is 0 Å². The average molecular weight is 205 g/mol. The van der Waals surface area contributed by atoms with Crippen LogP contribution in [0.4, 0.5) is 0 Å². The Bertz CT molecular complexity index is 440. The van der Waals surface area contributed by atoms with Crippen molar-refractivity contribution >= 4 is 0 Å². The fourth-order valence-corrected chi connectivity index (χ4v) is 1.52. The Morgan fingerprint density at radius 1 is 1.33 bits per heavy atom. The standard InChI is InChI=1S/C10H15N5/c1-8(2)15-10(11-7-13-15)6-14-9(3)4-5-12-14/h4-5,7-8H,6H2,1-3H3. The molecule has 2 heterocycles. The van der Waals surface area contributed by atoms with Gasteiger partial charge in [-0.25, -0.2) is 9.67 Å². The van der Waals surface area contributed by atoms with E-state index in [2.05, 4.69) is 29.0 Å². The van der Waals surface area contributed by atoms with Crippen LogP contribution < -0.4 is 0 Å². The monoisotopic (exact) mass is 205 g/mol. The molecular weight excluding hydrogens is 190 g/mol. The molecule has 2 aromatic heterocycles. The van der Waals surface area contributed by atoms with Crippen molar-refractivity contribution in [1.29, 1.82) is 0 Å². The predicted octanol–water partition coefficient (Wildman–Crippen LogP) is 1.41. The van der Waals surface area contributed by atoms with E-state index in [1.807, 2.05) is 22.4 Å². The van der Waals surface area contributed by atoms with Crippen molar-refractivity contribution in [2.45, 2.75) is 33.4 Å². The lowest BCUT2D eigenvalue weighted by Gasteiger charge is -2.09. The molecule has 0 N–H and O–H groups in total. The Morgan fingerprint density at radius 3 is 2.73 bits per heavy atom. The maximum absolute atomic E-state index is 4.24. The van der Waals surface area contributed by atoms with Crippen molar-refractivity contribution in [3.05, 3.63) is 30.1 Å². The molecule has 5 heteroatoms. The van der Waals surface area contributed by atoms with Crippen LogP contribution in [0.3, 0.4) is 0 Å². The van der Waals surface area contributed by atoms with Crippen LogP contribution in [0.15, 0.2) is 18.6 Å². The smallest absolute Gasteiger partial charge is 0.148 e. The molecule has 5 nitrogen and oxygen atoms in total. The normalized spacial score (nSPS) is 11.2. The van der Waals surface area contributed by atoms with Gasteiger partial charge < -0.3 is 0 Å². The first kappa shape index (κ1) is 9.89. The summed E-state index contributed by atoms with van der Waals surface area (Å²) < 4.78 is 3.84. The molecule has 80 valence electrons. The molecule has 0 aliphatic heterocycles. The molecule has 0 fully saturated rings. The highest BCUT2D eigenvalue weighted by atomic mass is 15.4. The number of hydrogen-bond donors (Lipinski definition) is 0. The van der Waals surface area contributed by atoms with Gasteiger partial charge in [-0.05, 0) is 26.8 Å². The predicted molar refractivity (Wildman–Crippen MR) is 56.5 cm³/mol. The van der Waals surface area contributed by atoms with E-state index < -0.39 is 0 Å². The quantitative estimate of drug-likeness (QED) is 0.761. The van der Waals surface area contributed by atoms with E-state index in [-0.39, 0.29) is 0 Å². The molecule has 2 aromatic rings. The SMILES string of the molecule is Cc1ccnn1Cc1ncnn1C(C)C. The summed E-state index contributed by atoms with van der Waals surface area (Å²) in [6.45, 7) is 6.89. The summed E-state index contributed by atoms with van der Waals surface area (Å²) in [5.74, 6) is 0.941. The molecule has 0 bridgehead atoms.